The minimum absolute atomic E-state index is 0.0801. The predicted octanol–water partition coefficient (Wildman–Crippen LogP) is 5.64. The number of nitrogens with zero attached hydrogens (tertiary/aromatic N) is 2. The van der Waals surface area contributed by atoms with Crippen molar-refractivity contribution in [1.82, 2.24) is 15.5 Å². The number of halogens is 1. The van der Waals surface area contributed by atoms with Crippen molar-refractivity contribution < 1.29 is 4.42 Å². The number of hydrogen-bond donors (Lipinski definition) is 1. The zero-order valence-electron chi connectivity index (χ0n) is 14.7. The van der Waals surface area contributed by atoms with Crippen LogP contribution in [-0.2, 0) is 6.54 Å². The Bertz CT molecular complexity index is 995. The van der Waals surface area contributed by atoms with Gasteiger partial charge in [0.15, 0.2) is 0 Å². The summed E-state index contributed by atoms with van der Waals surface area (Å²) < 4.78 is 5.81. The van der Waals surface area contributed by atoms with Crippen molar-refractivity contribution in [3.05, 3.63) is 93.0 Å². The van der Waals surface area contributed by atoms with Gasteiger partial charge in [0, 0.05) is 15.5 Å². The molecule has 2 aromatic heterocycles. The van der Waals surface area contributed by atoms with Gasteiger partial charge in [0.25, 0.3) is 0 Å². The highest BCUT2D eigenvalue weighted by Gasteiger charge is 2.16. The van der Waals surface area contributed by atoms with E-state index in [1.807, 2.05) is 24.3 Å². The SMILES string of the molecule is Cc1ccc([C@H](NCc2nnc(-c3ccc(Cl)cc3)o2)c2cccs2)cc1. The number of aromatic nitrogens is 2. The second-order valence-electron chi connectivity index (χ2n) is 6.25. The second-order valence-corrected chi connectivity index (χ2v) is 7.66. The monoisotopic (exact) mass is 395 g/mol. The van der Waals surface area contributed by atoms with Gasteiger partial charge in [0.2, 0.25) is 11.8 Å². The Morgan fingerprint density at radius 1 is 1.04 bits per heavy atom. The van der Waals surface area contributed by atoms with Gasteiger partial charge in [0.1, 0.15) is 0 Å². The van der Waals surface area contributed by atoms with Gasteiger partial charge < -0.3 is 4.42 Å². The molecule has 27 heavy (non-hydrogen) atoms. The normalized spacial score (nSPS) is 12.2. The molecule has 0 saturated heterocycles. The van der Waals surface area contributed by atoms with Crippen molar-refractivity contribution >= 4 is 22.9 Å². The lowest BCUT2D eigenvalue weighted by atomic mass is 10.0. The molecule has 0 fully saturated rings. The second kappa shape index (κ2) is 8.05. The molecule has 136 valence electrons. The third kappa shape index (κ3) is 4.27. The summed E-state index contributed by atoms with van der Waals surface area (Å²) in [6.07, 6.45) is 0. The molecule has 2 heterocycles. The molecule has 1 N–H and O–H groups in total. The Morgan fingerprint density at radius 2 is 1.81 bits per heavy atom. The van der Waals surface area contributed by atoms with Crippen molar-refractivity contribution in [2.45, 2.75) is 19.5 Å². The van der Waals surface area contributed by atoms with Crippen LogP contribution in [0.5, 0.6) is 0 Å². The zero-order valence-corrected chi connectivity index (χ0v) is 16.3. The molecule has 0 aliphatic carbocycles. The number of aryl methyl sites for hydroxylation is 1. The lowest BCUT2D eigenvalue weighted by Gasteiger charge is -2.17. The van der Waals surface area contributed by atoms with E-state index in [0.29, 0.717) is 23.3 Å². The van der Waals surface area contributed by atoms with Crippen LogP contribution in [0.2, 0.25) is 5.02 Å². The number of benzene rings is 2. The minimum Gasteiger partial charge on any atom is -0.419 e. The minimum atomic E-state index is 0.0801. The highest BCUT2D eigenvalue weighted by Crippen LogP contribution is 2.27. The molecule has 4 rings (SSSR count). The van der Waals surface area contributed by atoms with E-state index in [9.17, 15) is 0 Å². The molecule has 0 spiro atoms. The summed E-state index contributed by atoms with van der Waals surface area (Å²) in [6.45, 7) is 2.57. The summed E-state index contributed by atoms with van der Waals surface area (Å²) in [5.74, 6) is 1.04. The zero-order chi connectivity index (χ0) is 18.6. The standard InChI is InChI=1S/C21H18ClN3OS/c1-14-4-6-15(7-5-14)20(18-3-2-12-27-18)23-13-19-24-25-21(26-19)16-8-10-17(22)11-9-16/h2-12,20,23H,13H2,1H3/t20-/m0/s1. The number of hydrogen-bond acceptors (Lipinski definition) is 5. The fraction of sp³-hybridized carbons (Fsp3) is 0.143. The Labute approximate surface area is 166 Å². The Morgan fingerprint density at radius 3 is 2.52 bits per heavy atom. The van der Waals surface area contributed by atoms with Gasteiger partial charge in [-0.15, -0.1) is 21.5 Å². The molecular formula is C21H18ClN3OS. The van der Waals surface area contributed by atoms with Crippen molar-refractivity contribution in [1.29, 1.82) is 0 Å². The van der Waals surface area contributed by atoms with Crippen molar-refractivity contribution in [3.8, 4) is 11.5 Å². The quantitative estimate of drug-likeness (QED) is 0.459. The third-order valence-corrected chi connectivity index (χ3v) is 5.44. The molecule has 0 aliphatic rings. The van der Waals surface area contributed by atoms with Crippen LogP contribution in [-0.4, -0.2) is 10.2 Å². The van der Waals surface area contributed by atoms with Gasteiger partial charge in [0.05, 0.1) is 12.6 Å². The number of rotatable bonds is 6. The van der Waals surface area contributed by atoms with Crippen LogP contribution in [0.3, 0.4) is 0 Å². The van der Waals surface area contributed by atoms with Crippen LogP contribution in [0.1, 0.15) is 27.9 Å². The molecule has 2 aromatic carbocycles. The molecule has 4 aromatic rings. The molecule has 0 aliphatic heterocycles. The molecule has 0 saturated carbocycles. The first-order chi connectivity index (χ1) is 13.2. The molecule has 4 nitrogen and oxygen atoms in total. The van der Waals surface area contributed by atoms with E-state index in [2.05, 4.69) is 64.2 Å². The van der Waals surface area contributed by atoms with Crippen LogP contribution in [0, 0.1) is 6.92 Å². The maximum absolute atomic E-state index is 5.93. The van der Waals surface area contributed by atoms with Gasteiger partial charge in [-0.05, 0) is 48.2 Å². The molecular weight excluding hydrogens is 378 g/mol. The summed E-state index contributed by atoms with van der Waals surface area (Å²) in [4.78, 5) is 1.25. The van der Waals surface area contributed by atoms with E-state index < -0.39 is 0 Å². The smallest absolute Gasteiger partial charge is 0.247 e. The lowest BCUT2D eigenvalue weighted by molar-refractivity contribution is 0.463. The Balaban J connectivity index is 1.51. The number of nitrogens with one attached hydrogen (secondary N) is 1. The highest BCUT2D eigenvalue weighted by molar-refractivity contribution is 7.10. The lowest BCUT2D eigenvalue weighted by Crippen LogP contribution is -2.21. The molecule has 0 unspecified atom stereocenters. The first kappa shape index (κ1) is 17.9. The van der Waals surface area contributed by atoms with Crippen LogP contribution >= 0.6 is 22.9 Å². The van der Waals surface area contributed by atoms with Crippen molar-refractivity contribution in [3.63, 3.8) is 0 Å². The van der Waals surface area contributed by atoms with E-state index in [4.69, 9.17) is 16.0 Å². The largest absolute Gasteiger partial charge is 0.419 e. The van der Waals surface area contributed by atoms with Crippen LogP contribution in [0.15, 0.2) is 70.5 Å². The van der Waals surface area contributed by atoms with Gasteiger partial charge in [-0.25, -0.2) is 0 Å². The van der Waals surface area contributed by atoms with Gasteiger partial charge >= 0.3 is 0 Å². The van der Waals surface area contributed by atoms with E-state index in [1.54, 1.807) is 11.3 Å². The predicted molar refractivity (Wildman–Crippen MR) is 109 cm³/mol. The van der Waals surface area contributed by atoms with E-state index in [1.165, 1.54) is 16.0 Å². The summed E-state index contributed by atoms with van der Waals surface area (Å²) in [5, 5.41) is 14.6. The van der Waals surface area contributed by atoms with Crippen LogP contribution in [0.4, 0.5) is 0 Å². The molecule has 0 radical (unpaired) electrons. The first-order valence-corrected chi connectivity index (χ1v) is 9.86. The summed E-state index contributed by atoms with van der Waals surface area (Å²) in [7, 11) is 0. The van der Waals surface area contributed by atoms with E-state index >= 15 is 0 Å². The van der Waals surface area contributed by atoms with Crippen molar-refractivity contribution in [2.75, 3.05) is 0 Å². The van der Waals surface area contributed by atoms with Crippen LogP contribution < -0.4 is 5.32 Å². The van der Waals surface area contributed by atoms with E-state index in [0.717, 1.165) is 5.56 Å². The fourth-order valence-corrected chi connectivity index (χ4v) is 3.77. The summed E-state index contributed by atoms with van der Waals surface area (Å²) >= 11 is 7.66. The average molecular weight is 396 g/mol. The van der Waals surface area contributed by atoms with Gasteiger partial charge in [-0.3, -0.25) is 5.32 Å². The molecule has 1 atom stereocenters. The van der Waals surface area contributed by atoms with Crippen LogP contribution in [0.25, 0.3) is 11.5 Å². The topological polar surface area (TPSA) is 51.0 Å². The Hall–Kier alpha value is -2.47. The van der Waals surface area contributed by atoms with Crippen molar-refractivity contribution in [2.24, 2.45) is 0 Å². The third-order valence-electron chi connectivity index (χ3n) is 4.25. The Kier molecular flexibility index (Phi) is 5.34. The summed E-state index contributed by atoms with van der Waals surface area (Å²) in [5.41, 5.74) is 3.31. The highest BCUT2D eigenvalue weighted by atomic mass is 35.5. The molecule has 6 heteroatoms. The molecule has 0 amide bonds. The van der Waals surface area contributed by atoms with E-state index in [-0.39, 0.29) is 6.04 Å². The van der Waals surface area contributed by atoms with Gasteiger partial charge in [-0.1, -0.05) is 47.5 Å². The number of thiophene rings is 1. The molecule has 0 bridgehead atoms. The van der Waals surface area contributed by atoms with Gasteiger partial charge in [-0.2, -0.15) is 0 Å². The fourth-order valence-electron chi connectivity index (χ4n) is 2.82. The maximum Gasteiger partial charge on any atom is 0.247 e. The average Bonchev–Trinajstić information content (AvgIpc) is 3.36. The maximum atomic E-state index is 5.93. The summed E-state index contributed by atoms with van der Waals surface area (Å²) in [6, 6.07) is 20.2. The first-order valence-electron chi connectivity index (χ1n) is 8.61.